The Morgan fingerprint density at radius 1 is 0.977 bits per heavy atom. The van der Waals surface area contributed by atoms with Gasteiger partial charge in [0.1, 0.15) is 5.82 Å². The van der Waals surface area contributed by atoms with E-state index in [2.05, 4.69) is 42.2 Å². The maximum atomic E-state index is 13.6. The van der Waals surface area contributed by atoms with Crippen LogP contribution in [0.1, 0.15) is 85.5 Å². The highest BCUT2D eigenvalue weighted by molar-refractivity contribution is 7.88. The minimum atomic E-state index is -4.62. The van der Waals surface area contributed by atoms with E-state index in [0.717, 1.165) is 66.3 Å². The number of carbonyl (C=O) groups is 1. The Labute approximate surface area is 250 Å². The third-order valence-corrected chi connectivity index (χ3v) is 8.63. The number of hydrogen-bond acceptors (Lipinski definition) is 4. The summed E-state index contributed by atoms with van der Waals surface area (Å²) in [5, 5.41) is 6.51. The van der Waals surface area contributed by atoms with Gasteiger partial charge in [-0.15, -0.1) is 0 Å². The Morgan fingerprint density at radius 3 is 2.37 bits per heavy atom. The molecule has 3 N–H and O–H groups in total. The number of aryl methyl sites for hydroxylation is 1. The molecule has 2 atom stereocenters. The molecule has 11 heteroatoms. The van der Waals surface area contributed by atoms with Crippen molar-refractivity contribution in [2.24, 2.45) is 0 Å². The second-order valence-electron chi connectivity index (χ2n) is 12.0. The van der Waals surface area contributed by atoms with Gasteiger partial charge in [-0.2, -0.15) is 13.2 Å². The quantitative estimate of drug-likeness (QED) is 0.227. The molecule has 232 valence electrons. The van der Waals surface area contributed by atoms with Gasteiger partial charge in [-0.25, -0.2) is 17.5 Å². The first-order valence-electron chi connectivity index (χ1n) is 14.2. The van der Waals surface area contributed by atoms with Gasteiger partial charge in [0.15, 0.2) is 0 Å². The fourth-order valence-electron chi connectivity index (χ4n) is 5.17. The average Bonchev–Trinajstić information content (AvgIpc) is 2.91. The number of fused-ring (bicyclic) bond motifs is 1. The highest BCUT2D eigenvalue weighted by atomic mass is 32.2. The predicted molar refractivity (Wildman–Crippen MR) is 158 cm³/mol. The van der Waals surface area contributed by atoms with Crippen LogP contribution >= 0.6 is 0 Å². The summed E-state index contributed by atoms with van der Waals surface area (Å²) in [6.45, 7) is 7.01. The normalized spacial score (nSPS) is 16.4. The van der Waals surface area contributed by atoms with E-state index in [1.165, 1.54) is 18.2 Å². The van der Waals surface area contributed by atoms with Gasteiger partial charge in [0.25, 0.3) is 0 Å². The molecule has 0 heterocycles. The van der Waals surface area contributed by atoms with Crippen molar-refractivity contribution in [3.8, 4) is 0 Å². The van der Waals surface area contributed by atoms with Crippen LogP contribution in [0.5, 0.6) is 0 Å². The number of carbonyl (C=O) groups excluding carboxylic acids is 1. The van der Waals surface area contributed by atoms with E-state index < -0.39 is 45.3 Å². The van der Waals surface area contributed by atoms with Crippen molar-refractivity contribution in [1.29, 1.82) is 0 Å². The van der Waals surface area contributed by atoms with Crippen molar-refractivity contribution in [2.45, 2.75) is 82.6 Å². The summed E-state index contributed by atoms with van der Waals surface area (Å²) in [4.78, 5) is 13.3. The van der Waals surface area contributed by atoms with Crippen molar-refractivity contribution >= 4 is 15.9 Å². The third-order valence-electron chi connectivity index (χ3n) is 7.27. The van der Waals surface area contributed by atoms with Gasteiger partial charge in [-0.1, -0.05) is 48.5 Å². The molecule has 0 aromatic heterocycles. The lowest BCUT2D eigenvalue weighted by Gasteiger charge is -2.28. The van der Waals surface area contributed by atoms with Crippen molar-refractivity contribution in [3.05, 3.63) is 106 Å². The van der Waals surface area contributed by atoms with Gasteiger partial charge in [-0.05, 0) is 86.1 Å². The summed E-state index contributed by atoms with van der Waals surface area (Å²) in [5.74, 6) is -1.67. The van der Waals surface area contributed by atoms with Crippen LogP contribution < -0.4 is 15.4 Å². The van der Waals surface area contributed by atoms with Crippen LogP contribution in [0.25, 0.3) is 0 Å². The van der Waals surface area contributed by atoms with Crippen LogP contribution in [0.3, 0.4) is 0 Å². The zero-order chi connectivity index (χ0) is 31.4. The van der Waals surface area contributed by atoms with Crippen molar-refractivity contribution in [1.82, 2.24) is 15.4 Å². The highest BCUT2D eigenvalue weighted by Crippen LogP contribution is 2.32. The average molecular weight is 620 g/mol. The fourth-order valence-corrected chi connectivity index (χ4v) is 6.53. The zero-order valence-corrected chi connectivity index (χ0v) is 25.2. The molecule has 0 spiro atoms. The Morgan fingerprint density at radius 2 is 1.70 bits per heavy atom. The van der Waals surface area contributed by atoms with Crippen molar-refractivity contribution in [3.63, 3.8) is 0 Å². The molecule has 6 nitrogen and oxygen atoms in total. The van der Waals surface area contributed by atoms with Gasteiger partial charge in [0, 0.05) is 18.5 Å². The molecule has 0 aliphatic heterocycles. The molecular weight excluding hydrogens is 582 g/mol. The van der Waals surface area contributed by atoms with Crippen molar-refractivity contribution in [2.75, 3.05) is 0 Å². The molecular formula is C32H37F4N3O3S. The molecule has 1 aliphatic rings. The SMILES string of the molecule is CC(C)(C)NCc1ccc2c(c1)CCCC2NC(=O)CC(NS(=O)(=O)Cc1cccc(C(F)(F)F)c1)c1ccc(F)cc1. The largest absolute Gasteiger partial charge is 0.416 e. The van der Waals surface area contributed by atoms with Crippen LogP contribution in [0, 0.1) is 5.82 Å². The summed E-state index contributed by atoms with van der Waals surface area (Å²) in [6, 6.07) is 14.0. The lowest BCUT2D eigenvalue weighted by molar-refractivity contribution is -0.137. The number of hydrogen-bond donors (Lipinski definition) is 3. The van der Waals surface area contributed by atoms with Crippen LogP contribution in [-0.4, -0.2) is 19.9 Å². The standard InChI is InChI=1S/C32H37F4N3O3S/c1-31(2,3)37-19-21-10-15-27-24(16-21)7-5-9-28(27)38-30(40)18-29(23-11-13-26(33)14-12-23)39-43(41,42)20-22-6-4-8-25(17-22)32(34,35)36/h4,6,8,10-17,28-29,37,39H,5,7,9,18-20H2,1-3H3,(H,38,40). The topological polar surface area (TPSA) is 87.3 Å². The maximum Gasteiger partial charge on any atom is 0.416 e. The Bertz CT molecular complexity index is 1530. The Hall–Kier alpha value is -3.28. The molecule has 1 aliphatic carbocycles. The first kappa shape index (κ1) is 32.6. The smallest absolute Gasteiger partial charge is 0.349 e. The van der Waals surface area contributed by atoms with Gasteiger partial charge in [0.05, 0.1) is 23.4 Å². The maximum absolute atomic E-state index is 13.6. The first-order chi connectivity index (χ1) is 20.1. The third kappa shape index (κ3) is 9.61. The summed E-state index contributed by atoms with van der Waals surface area (Å²) in [5.41, 5.74) is 2.63. The number of benzene rings is 3. The van der Waals surface area contributed by atoms with Crippen LogP contribution in [0.2, 0.25) is 0 Å². The van der Waals surface area contributed by atoms with Crippen LogP contribution in [0.4, 0.5) is 17.6 Å². The number of amides is 1. The van der Waals surface area contributed by atoms with E-state index in [-0.39, 0.29) is 23.6 Å². The number of nitrogens with one attached hydrogen (secondary N) is 3. The van der Waals surface area contributed by atoms with E-state index in [0.29, 0.717) is 12.1 Å². The molecule has 0 radical (unpaired) electrons. The molecule has 0 fully saturated rings. The predicted octanol–water partition coefficient (Wildman–Crippen LogP) is 6.48. The molecule has 3 aromatic carbocycles. The molecule has 0 saturated heterocycles. The second-order valence-corrected chi connectivity index (χ2v) is 13.8. The van der Waals surface area contributed by atoms with Gasteiger partial charge >= 0.3 is 6.18 Å². The van der Waals surface area contributed by atoms with Gasteiger partial charge in [-0.3, -0.25) is 4.79 Å². The van der Waals surface area contributed by atoms with Gasteiger partial charge in [0.2, 0.25) is 15.9 Å². The lowest BCUT2D eigenvalue weighted by Crippen LogP contribution is -2.37. The van der Waals surface area contributed by atoms with Crippen molar-refractivity contribution < 1.29 is 30.8 Å². The van der Waals surface area contributed by atoms with Crippen LogP contribution in [0.15, 0.2) is 66.7 Å². The summed E-state index contributed by atoms with van der Waals surface area (Å²) in [7, 11) is -4.20. The number of rotatable bonds is 10. The number of sulfonamides is 1. The summed E-state index contributed by atoms with van der Waals surface area (Å²) < 4.78 is 81.7. The number of halogens is 4. The Balaban J connectivity index is 1.49. The summed E-state index contributed by atoms with van der Waals surface area (Å²) in [6.07, 6.45) is -2.42. The molecule has 1 amide bonds. The number of alkyl halides is 3. The molecule has 0 bridgehead atoms. The lowest BCUT2D eigenvalue weighted by atomic mass is 9.86. The Kier molecular flexibility index (Phi) is 9.98. The minimum absolute atomic E-state index is 0.0257. The van der Waals surface area contributed by atoms with Gasteiger partial charge < -0.3 is 10.6 Å². The first-order valence-corrected chi connectivity index (χ1v) is 15.8. The molecule has 3 aromatic rings. The fraction of sp³-hybridized carbons (Fsp3) is 0.406. The zero-order valence-electron chi connectivity index (χ0n) is 24.4. The van der Waals surface area contributed by atoms with E-state index in [1.807, 2.05) is 12.1 Å². The highest BCUT2D eigenvalue weighted by Gasteiger charge is 2.31. The van der Waals surface area contributed by atoms with Crippen LogP contribution in [-0.2, 0) is 39.7 Å². The van der Waals surface area contributed by atoms with E-state index in [4.69, 9.17) is 0 Å². The minimum Gasteiger partial charge on any atom is -0.349 e. The molecule has 2 unspecified atom stereocenters. The van der Waals surface area contributed by atoms with E-state index in [1.54, 1.807) is 0 Å². The van der Waals surface area contributed by atoms with E-state index >= 15 is 0 Å². The summed E-state index contributed by atoms with van der Waals surface area (Å²) >= 11 is 0. The molecule has 4 rings (SSSR count). The van der Waals surface area contributed by atoms with E-state index in [9.17, 15) is 30.8 Å². The molecule has 0 saturated carbocycles. The second kappa shape index (κ2) is 13.2. The monoisotopic (exact) mass is 619 g/mol. The molecule has 43 heavy (non-hydrogen) atoms.